The lowest BCUT2D eigenvalue weighted by Crippen LogP contribution is -1.91. The summed E-state index contributed by atoms with van der Waals surface area (Å²) < 4.78 is 13.1. The van der Waals surface area contributed by atoms with Crippen LogP contribution in [-0.2, 0) is 0 Å². The number of rotatable bonds is 3. The van der Waals surface area contributed by atoms with Gasteiger partial charge in [-0.3, -0.25) is 15.1 Å². The highest BCUT2D eigenvalue weighted by Crippen LogP contribution is 2.25. The first-order chi connectivity index (χ1) is 9.47. The smallest absolute Gasteiger partial charge is 0.306 e. The van der Waals surface area contributed by atoms with E-state index in [0.29, 0.717) is 10.6 Å². The Morgan fingerprint density at radius 2 is 2.05 bits per heavy atom. The van der Waals surface area contributed by atoms with Crippen LogP contribution in [0.1, 0.15) is 5.56 Å². The van der Waals surface area contributed by atoms with E-state index in [1.54, 1.807) is 0 Å². The minimum atomic E-state index is -0.931. The first-order valence-electron chi connectivity index (χ1n) is 5.44. The van der Waals surface area contributed by atoms with Crippen LogP contribution < -0.4 is 0 Å². The van der Waals surface area contributed by atoms with Crippen LogP contribution in [0.5, 0.6) is 5.75 Å². The SMILES string of the molecule is O=[N+]([O-])c1cc(N=Cc2cc(Cl)ccc2O)ccc1F. The van der Waals surface area contributed by atoms with Gasteiger partial charge in [-0.2, -0.15) is 4.39 Å². The van der Waals surface area contributed by atoms with E-state index in [2.05, 4.69) is 4.99 Å². The minimum absolute atomic E-state index is 0.0326. The van der Waals surface area contributed by atoms with Gasteiger partial charge in [0.1, 0.15) is 5.75 Å². The number of aliphatic imine (C=N–C) groups is 1. The van der Waals surface area contributed by atoms with Crippen LogP contribution in [0.4, 0.5) is 15.8 Å². The van der Waals surface area contributed by atoms with Crippen LogP contribution in [0.3, 0.4) is 0 Å². The minimum Gasteiger partial charge on any atom is -0.507 e. The number of benzene rings is 2. The molecule has 0 fully saturated rings. The molecule has 20 heavy (non-hydrogen) atoms. The molecule has 0 radical (unpaired) electrons. The van der Waals surface area contributed by atoms with Crippen molar-refractivity contribution in [2.24, 2.45) is 4.99 Å². The molecular formula is C13H8ClFN2O3. The first-order valence-corrected chi connectivity index (χ1v) is 5.81. The fourth-order valence-electron chi connectivity index (χ4n) is 1.49. The molecule has 1 N–H and O–H groups in total. The Balaban J connectivity index is 2.34. The third-order valence-electron chi connectivity index (χ3n) is 2.47. The van der Waals surface area contributed by atoms with Crippen molar-refractivity contribution in [3.8, 4) is 5.75 Å². The summed E-state index contributed by atoms with van der Waals surface area (Å²) in [6.07, 6.45) is 1.29. The Labute approximate surface area is 118 Å². The lowest BCUT2D eigenvalue weighted by molar-refractivity contribution is -0.387. The van der Waals surface area contributed by atoms with E-state index in [1.165, 1.54) is 30.5 Å². The van der Waals surface area contributed by atoms with Gasteiger partial charge in [0, 0.05) is 22.9 Å². The average Bonchev–Trinajstić information content (AvgIpc) is 2.41. The molecule has 102 valence electrons. The van der Waals surface area contributed by atoms with E-state index in [9.17, 15) is 19.6 Å². The largest absolute Gasteiger partial charge is 0.507 e. The molecule has 7 heteroatoms. The number of halogens is 2. The number of aromatic hydroxyl groups is 1. The van der Waals surface area contributed by atoms with Crippen LogP contribution in [0, 0.1) is 15.9 Å². The molecule has 0 aliphatic rings. The normalized spacial score (nSPS) is 10.9. The maximum atomic E-state index is 13.1. The molecule has 2 aromatic rings. The quantitative estimate of drug-likeness (QED) is 0.531. The highest BCUT2D eigenvalue weighted by molar-refractivity contribution is 6.30. The predicted molar refractivity (Wildman–Crippen MR) is 73.4 cm³/mol. The van der Waals surface area contributed by atoms with E-state index in [-0.39, 0.29) is 11.4 Å². The summed E-state index contributed by atoms with van der Waals surface area (Å²) in [5, 5.41) is 20.6. The highest BCUT2D eigenvalue weighted by atomic mass is 35.5. The molecule has 0 heterocycles. The van der Waals surface area contributed by atoms with Crippen LogP contribution in [0.2, 0.25) is 5.02 Å². The Morgan fingerprint density at radius 3 is 2.75 bits per heavy atom. The van der Waals surface area contributed by atoms with E-state index >= 15 is 0 Å². The number of hydrogen-bond acceptors (Lipinski definition) is 4. The van der Waals surface area contributed by atoms with Gasteiger partial charge in [0.25, 0.3) is 0 Å². The monoisotopic (exact) mass is 294 g/mol. The summed E-state index contributed by atoms with van der Waals surface area (Å²) >= 11 is 5.77. The van der Waals surface area contributed by atoms with Crippen molar-refractivity contribution < 1.29 is 14.4 Å². The molecule has 5 nitrogen and oxygen atoms in total. The number of nitrogens with zero attached hydrogens (tertiary/aromatic N) is 2. The summed E-state index contributed by atoms with van der Waals surface area (Å²) in [5.41, 5.74) is -0.114. The van der Waals surface area contributed by atoms with Crippen molar-refractivity contribution >= 4 is 29.2 Å². The van der Waals surface area contributed by atoms with Crippen molar-refractivity contribution in [2.45, 2.75) is 0 Å². The van der Waals surface area contributed by atoms with Gasteiger partial charge in [0.05, 0.1) is 10.6 Å². The van der Waals surface area contributed by atoms with Crippen molar-refractivity contribution in [1.82, 2.24) is 0 Å². The summed E-state index contributed by atoms with van der Waals surface area (Å²) in [6, 6.07) is 7.66. The van der Waals surface area contributed by atoms with Crippen molar-refractivity contribution in [1.29, 1.82) is 0 Å². The summed E-state index contributed by atoms with van der Waals surface area (Å²) in [5.74, 6) is -0.964. The molecule has 0 aliphatic heterocycles. The van der Waals surface area contributed by atoms with Gasteiger partial charge in [0.15, 0.2) is 0 Å². The van der Waals surface area contributed by atoms with Gasteiger partial charge in [0.2, 0.25) is 5.82 Å². The molecule has 0 amide bonds. The Kier molecular flexibility index (Phi) is 3.95. The van der Waals surface area contributed by atoms with Crippen LogP contribution in [0.15, 0.2) is 41.4 Å². The lowest BCUT2D eigenvalue weighted by atomic mass is 10.2. The number of hydrogen-bond donors (Lipinski definition) is 1. The van der Waals surface area contributed by atoms with E-state index in [4.69, 9.17) is 11.6 Å². The van der Waals surface area contributed by atoms with E-state index < -0.39 is 16.4 Å². The second-order valence-electron chi connectivity index (χ2n) is 3.85. The Morgan fingerprint density at radius 1 is 1.30 bits per heavy atom. The highest BCUT2D eigenvalue weighted by Gasteiger charge is 2.13. The zero-order valence-corrected chi connectivity index (χ0v) is 10.7. The molecule has 0 spiro atoms. The van der Waals surface area contributed by atoms with Gasteiger partial charge in [-0.05, 0) is 30.3 Å². The molecule has 0 saturated carbocycles. The van der Waals surface area contributed by atoms with Gasteiger partial charge < -0.3 is 5.11 Å². The molecule has 0 aromatic heterocycles. The fourth-order valence-corrected chi connectivity index (χ4v) is 1.67. The topological polar surface area (TPSA) is 75.7 Å². The maximum Gasteiger partial charge on any atom is 0.306 e. The van der Waals surface area contributed by atoms with Crippen molar-refractivity contribution in [3.63, 3.8) is 0 Å². The number of phenolic OH excluding ortho intramolecular Hbond substituents is 1. The molecule has 2 aromatic carbocycles. The number of nitro groups is 1. The number of nitro benzene ring substituents is 1. The van der Waals surface area contributed by atoms with Crippen molar-refractivity contribution in [3.05, 3.63) is 62.9 Å². The third kappa shape index (κ3) is 3.10. The molecule has 0 aliphatic carbocycles. The summed E-state index contributed by atoms with van der Waals surface area (Å²) in [7, 11) is 0. The molecule has 0 unspecified atom stereocenters. The Hall–Kier alpha value is -2.47. The third-order valence-corrected chi connectivity index (χ3v) is 2.70. The summed E-state index contributed by atoms with van der Waals surface area (Å²) in [6.45, 7) is 0. The van der Waals surface area contributed by atoms with Gasteiger partial charge in [-0.25, -0.2) is 0 Å². The molecule has 2 rings (SSSR count). The molecule has 0 atom stereocenters. The Bertz CT molecular complexity index is 704. The molecular weight excluding hydrogens is 287 g/mol. The maximum absolute atomic E-state index is 13.1. The molecule has 0 bridgehead atoms. The lowest BCUT2D eigenvalue weighted by Gasteiger charge is -1.99. The zero-order valence-electron chi connectivity index (χ0n) is 9.96. The zero-order chi connectivity index (χ0) is 14.7. The van der Waals surface area contributed by atoms with Gasteiger partial charge in [-0.1, -0.05) is 11.6 Å². The van der Waals surface area contributed by atoms with Crippen LogP contribution >= 0.6 is 11.6 Å². The van der Waals surface area contributed by atoms with Crippen molar-refractivity contribution in [2.75, 3.05) is 0 Å². The number of phenols is 1. The van der Waals surface area contributed by atoms with E-state index in [0.717, 1.165) is 12.1 Å². The first kappa shape index (κ1) is 14.0. The fraction of sp³-hybridized carbons (Fsp3) is 0. The predicted octanol–water partition coefficient (Wildman–Crippen LogP) is 3.84. The van der Waals surface area contributed by atoms with E-state index in [1.807, 2.05) is 0 Å². The summed E-state index contributed by atoms with van der Waals surface area (Å²) in [4.78, 5) is 13.7. The van der Waals surface area contributed by atoms with Crippen LogP contribution in [0.25, 0.3) is 0 Å². The van der Waals surface area contributed by atoms with Crippen LogP contribution in [-0.4, -0.2) is 16.2 Å². The second kappa shape index (κ2) is 5.66. The average molecular weight is 295 g/mol. The standard InChI is InChI=1S/C13H8ClFN2O3/c14-9-1-4-13(18)8(5-9)7-16-10-2-3-11(15)12(6-10)17(19)20/h1-7,18H. The van der Waals surface area contributed by atoms with Gasteiger partial charge in [-0.15, -0.1) is 0 Å². The van der Waals surface area contributed by atoms with Gasteiger partial charge >= 0.3 is 5.69 Å². The second-order valence-corrected chi connectivity index (χ2v) is 4.29. The molecule has 0 saturated heterocycles.